The number of carboxylic acids is 1. The Morgan fingerprint density at radius 3 is 2.00 bits per heavy atom. The van der Waals surface area contributed by atoms with Gasteiger partial charge in [-0.25, -0.2) is 0 Å². The van der Waals surface area contributed by atoms with Crippen molar-refractivity contribution in [2.75, 3.05) is 18.6 Å². The van der Waals surface area contributed by atoms with Crippen LogP contribution in [0.15, 0.2) is 0 Å². The van der Waals surface area contributed by atoms with Gasteiger partial charge >= 0.3 is 11.9 Å². The molecule has 108 valence electrons. The summed E-state index contributed by atoms with van der Waals surface area (Å²) in [6.07, 6.45) is 0.964. The summed E-state index contributed by atoms with van der Waals surface area (Å²) in [7, 11) is 4.37. The molecule has 0 amide bonds. The van der Waals surface area contributed by atoms with Crippen molar-refractivity contribution in [2.45, 2.75) is 24.9 Å². The summed E-state index contributed by atoms with van der Waals surface area (Å²) in [5, 5.41) is 8.54. The number of carbonyl (C=O) groups excluding carboxylic acids is 1. The Morgan fingerprint density at radius 2 is 1.61 bits per heavy atom. The Kier molecular flexibility index (Phi) is 13.4. The van der Waals surface area contributed by atoms with E-state index in [-0.39, 0.29) is 12.4 Å². The lowest BCUT2D eigenvalue weighted by atomic mass is 10.2. The number of nitrogens with two attached hydrogens (primary N) is 2. The molecule has 0 aromatic carbocycles. The minimum absolute atomic E-state index is 0. The zero-order valence-corrected chi connectivity index (χ0v) is 12.5. The highest BCUT2D eigenvalue weighted by Crippen LogP contribution is 2.23. The molecule has 0 spiro atoms. The molecule has 0 aromatic rings. The van der Waals surface area contributed by atoms with E-state index in [1.807, 2.05) is 0 Å². The second-order valence-corrected chi connectivity index (χ2v) is 6.00. The van der Waals surface area contributed by atoms with Crippen LogP contribution in [0.25, 0.3) is 0 Å². The van der Waals surface area contributed by atoms with E-state index in [1.165, 1.54) is 17.9 Å². The van der Waals surface area contributed by atoms with Crippen LogP contribution in [0.4, 0.5) is 0 Å². The fraction of sp³-hybridized carbons (Fsp3) is 0.778. The predicted molar refractivity (Wildman–Crippen MR) is 77.0 cm³/mol. The summed E-state index contributed by atoms with van der Waals surface area (Å²) in [4.78, 5) is 21.4. The average molecular weight is 319 g/mol. The van der Waals surface area contributed by atoms with E-state index >= 15 is 0 Å². The third kappa shape index (κ3) is 9.84. The third-order valence-electron chi connectivity index (χ3n) is 1.93. The molecule has 0 bridgehead atoms. The van der Waals surface area contributed by atoms with Crippen LogP contribution >= 0.6 is 34.0 Å². The maximum Gasteiger partial charge on any atom is 0.322 e. The number of halogens is 1. The molecule has 0 aliphatic heterocycles. The van der Waals surface area contributed by atoms with Crippen LogP contribution in [0.1, 0.15) is 12.8 Å². The first-order valence-corrected chi connectivity index (χ1v) is 7.54. The van der Waals surface area contributed by atoms with Gasteiger partial charge in [0.25, 0.3) is 0 Å². The minimum Gasteiger partial charge on any atom is -0.480 e. The van der Waals surface area contributed by atoms with Gasteiger partial charge in [0.15, 0.2) is 0 Å². The zero-order valence-electron chi connectivity index (χ0n) is 10.0. The maximum absolute atomic E-state index is 11.0. The van der Waals surface area contributed by atoms with Crippen LogP contribution < -0.4 is 11.5 Å². The van der Waals surface area contributed by atoms with Gasteiger partial charge in [-0.1, -0.05) is 21.6 Å². The number of carbonyl (C=O) groups is 2. The van der Waals surface area contributed by atoms with Crippen molar-refractivity contribution < 1.29 is 19.4 Å². The minimum atomic E-state index is -0.983. The van der Waals surface area contributed by atoms with Gasteiger partial charge in [0.2, 0.25) is 0 Å². The van der Waals surface area contributed by atoms with Crippen molar-refractivity contribution in [3.05, 3.63) is 0 Å². The molecule has 0 radical (unpaired) electrons. The van der Waals surface area contributed by atoms with Gasteiger partial charge in [-0.15, -0.1) is 12.4 Å². The molecule has 0 aromatic heterocycles. The van der Waals surface area contributed by atoms with Crippen molar-refractivity contribution in [3.8, 4) is 0 Å². The molecule has 0 heterocycles. The number of esters is 1. The lowest BCUT2D eigenvalue weighted by Crippen LogP contribution is -2.32. The van der Waals surface area contributed by atoms with Crippen molar-refractivity contribution >= 4 is 45.9 Å². The zero-order chi connectivity index (χ0) is 13.3. The number of hydrogen-bond donors (Lipinski definition) is 3. The molecule has 0 unspecified atom stereocenters. The predicted octanol–water partition coefficient (Wildman–Crippen LogP) is 0.482. The van der Waals surface area contributed by atoms with Crippen LogP contribution in [0, 0.1) is 0 Å². The second-order valence-electron chi connectivity index (χ2n) is 3.30. The lowest BCUT2D eigenvalue weighted by Gasteiger charge is -2.08. The second kappa shape index (κ2) is 11.9. The molecule has 0 saturated heterocycles. The number of ether oxygens (including phenoxy) is 1. The van der Waals surface area contributed by atoms with E-state index in [0.717, 1.165) is 0 Å². The largest absolute Gasteiger partial charge is 0.480 e. The first-order chi connectivity index (χ1) is 7.99. The Hall–Kier alpha value is -0.150. The summed E-state index contributed by atoms with van der Waals surface area (Å²) < 4.78 is 4.49. The lowest BCUT2D eigenvalue weighted by molar-refractivity contribution is -0.142. The van der Waals surface area contributed by atoms with E-state index in [4.69, 9.17) is 16.6 Å². The normalized spacial score (nSPS) is 13.3. The Balaban J connectivity index is 0. The molecular weight excluding hydrogens is 300 g/mol. The van der Waals surface area contributed by atoms with Crippen LogP contribution in [-0.2, 0) is 14.3 Å². The number of hydrogen-bond acceptors (Lipinski definition) is 7. The average Bonchev–Trinajstić information content (AvgIpc) is 2.31. The van der Waals surface area contributed by atoms with Crippen LogP contribution in [0.5, 0.6) is 0 Å². The summed E-state index contributed by atoms with van der Waals surface area (Å²) in [5.74, 6) is -0.0266. The summed E-state index contributed by atoms with van der Waals surface area (Å²) in [5.41, 5.74) is 10.9. The van der Waals surface area contributed by atoms with Gasteiger partial charge in [0, 0.05) is 11.5 Å². The third-order valence-corrected chi connectivity index (χ3v) is 4.40. The smallest absolute Gasteiger partial charge is 0.322 e. The molecule has 9 heteroatoms. The highest BCUT2D eigenvalue weighted by Gasteiger charge is 2.13. The van der Waals surface area contributed by atoms with Crippen LogP contribution in [0.2, 0.25) is 0 Å². The first kappa shape index (κ1) is 20.2. The van der Waals surface area contributed by atoms with E-state index in [2.05, 4.69) is 4.74 Å². The van der Waals surface area contributed by atoms with Gasteiger partial charge in [-0.3, -0.25) is 9.59 Å². The number of methoxy groups -OCH3 is 1. The molecule has 18 heavy (non-hydrogen) atoms. The van der Waals surface area contributed by atoms with E-state index < -0.39 is 24.0 Å². The molecular formula is C9H19ClN2O4S2. The van der Waals surface area contributed by atoms with Gasteiger partial charge in [0.05, 0.1) is 7.11 Å². The van der Waals surface area contributed by atoms with Crippen molar-refractivity contribution in [2.24, 2.45) is 11.5 Å². The number of aliphatic carboxylic acids is 1. The van der Waals surface area contributed by atoms with Gasteiger partial charge in [-0.05, 0) is 12.8 Å². The van der Waals surface area contributed by atoms with Gasteiger partial charge in [-0.2, -0.15) is 0 Å². The summed E-state index contributed by atoms with van der Waals surface area (Å²) in [6.45, 7) is 0. The Bertz CT molecular complexity index is 259. The SMILES string of the molecule is COC(=O)[C@H](N)CCSSCC[C@@H](N)C(=O)O.Cl. The summed E-state index contributed by atoms with van der Waals surface area (Å²) in [6, 6.07) is -1.39. The fourth-order valence-corrected chi connectivity index (χ4v) is 3.08. The quantitative estimate of drug-likeness (QED) is 0.319. The molecule has 2 atom stereocenters. The highest BCUT2D eigenvalue weighted by atomic mass is 35.5. The molecule has 5 N–H and O–H groups in total. The van der Waals surface area contributed by atoms with E-state index in [1.54, 1.807) is 10.8 Å². The maximum atomic E-state index is 11.0. The summed E-state index contributed by atoms with van der Waals surface area (Å²) >= 11 is 0. The molecule has 0 rings (SSSR count). The van der Waals surface area contributed by atoms with Crippen molar-refractivity contribution in [3.63, 3.8) is 0 Å². The molecule has 6 nitrogen and oxygen atoms in total. The number of carboxylic acid groups (broad SMARTS) is 1. The topological polar surface area (TPSA) is 116 Å². The molecule has 0 fully saturated rings. The van der Waals surface area contributed by atoms with E-state index in [9.17, 15) is 9.59 Å². The van der Waals surface area contributed by atoms with Crippen molar-refractivity contribution in [1.29, 1.82) is 0 Å². The monoisotopic (exact) mass is 318 g/mol. The van der Waals surface area contributed by atoms with Gasteiger partial charge in [0.1, 0.15) is 12.1 Å². The molecule has 0 aliphatic rings. The van der Waals surface area contributed by atoms with Crippen LogP contribution in [0.3, 0.4) is 0 Å². The highest BCUT2D eigenvalue weighted by molar-refractivity contribution is 8.76. The standard InChI is InChI=1S/C9H18N2O4S2.ClH/c1-15-9(14)7(11)3-5-17-16-4-2-6(10)8(12)13;/h6-7H,2-5,10-11H2,1H3,(H,12,13);1H/t6-,7-;/m1./s1. The Labute approximate surface area is 120 Å². The first-order valence-electron chi connectivity index (χ1n) is 5.05. The van der Waals surface area contributed by atoms with Gasteiger partial charge < -0.3 is 21.3 Å². The molecule has 0 saturated carbocycles. The number of rotatable bonds is 9. The van der Waals surface area contributed by atoms with Crippen molar-refractivity contribution in [1.82, 2.24) is 0 Å². The molecule has 0 aliphatic carbocycles. The van der Waals surface area contributed by atoms with Crippen LogP contribution in [-0.4, -0.2) is 47.7 Å². The Morgan fingerprint density at radius 1 is 1.17 bits per heavy atom. The fourth-order valence-electron chi connectivity index (χ4n) is 0.861. The van der Waals surface area contributed by atoms with E-state index in [0.29, 0.717) is 24.3 Å².